The van der Waals surface area contributed by atoms with Crippen molar-refractivity contribution in [3.8, 4) is 0 Å². The second-order valence-corrected chi connectivity index (χ2v) is 14.2. The molecule has 286 valence electrons. The second-order valence-electron chi connectivity index (χ2n) is 14.2. The van der Waals surface area contributed by atoms with E-state index in [0.29, 0.717) is 45.1 Å². The van der Waals surface area contributed by atoms with E-state index in [1.54, 1.807) is 12.1 Å². The van der Waals surface area contributed by atoms with Crippen LogP contribution in [0, 0.1) is 17.7 Å². The fraction of sp³-hybridized carbons (Fsp3) is 0.326. The van der Waals surface area contributed by atoms with E-state index in [2.05, 4.69) is 38.4 Å². The van der Waals surface area contributed by atoms with Crippen molar-refractivity contribution in [2.45, 2.75) is 63.5 Å². The lowest BCUT2D eigenvalue weighted by atomic mass is 9.77. The maximum Gasteiger partial charge on any atom is 0.305 e. The molecule has 1 fully saturated rings. The summed E-state index contributed by atoms with van der Waals surface area (Å²) in [5.41, 5.74) is 3.59. The summed E-state index contributed by atoms with van der Waals surface area (Å²) in [6.07, 6.45) is 4.47. The van der Waals surface area contributed by atoms with Gasteiger partial charge in [0.1, 0.15) is 17.9 Å². The Hall–Kier alpha value is -6.04. The highest BCUT2D eigenvalue weighted by molar-refractivity contribution is 5.95. The normalized spacial score (nSPS) is 16.5. The number of aliphatic carboxylic acids is 1. The first-order chi connectivity index (χ1) is 26.6. The average Bonchev–Trinajstić information content (AvgIpc) is 3.60. The number of halogens is 1. The summed E-state index contributed by atoms with van der Waals surface area (Å²) in [6.45, 7) is 0.496. The number of hydrogen-bond donors (Lipinski definition) is 6. The zero-order chi connectivity index (χ0) is 38.7. The Morgan fingerprint density at radius 1 is 0.709 bits per heavy atom. The lowest BCUT2D eigenvalue weighted by Gasteiger charge is -2.32. The van der Waals surface area contributed by atoms with Gasteiger partial charge in [-0.3, -0.25) is 24.0 Å². The molecule has 1 saturated carbocycles. The molecule has 55 heavy (non-hydrogen) atoms. The summed E-state index contributed by atoms with van der Waals surface area (Å²) in [5, 5.41) is 24.0. The van der Waals surface area contributed by atoms with Gasteiger partial charge in [0.2, 0.25) is 23.6 Å². The Morgan fingerprint density at radius 2 is 1.29 bits per heavy atom. The van der Waals surface area contributed by atoms with Crippen LogP contribution in [0.1, 0.15) is 48.8 Å². The zero-order valence-electron chi connectivity index (χ0n) is 30.5. The van der Waals surface area contributed by atoms with Crippen LogP contribution in [0.15, 0.2) is 97.2 Å². The summed E-state index contributed by atoms with van der Waals surface area (Å²) in [7, 11) is 0. The molecule has 4 amide bonds. The Kier molecular flexibility index (Phi) is 12.9. The summed E-state index contributed by atoms with van der Waals surface area (Å²) >= 11 is 0. The number of fused-ring (bicyclic) bond motifs is 2. The van der Waals surface area contributed by atoms with Crippen molar-refractivity contribution >= 4 is 51.3 Å². The van der Waals surface area contributed by atoms with Crippen LogP contribution in [0.3, 0.4) is 0 Å². The number of nitrogens with one attached hydrogen (secondary N) is 5. The molecule has 1 aromatic heterocycles. The van der Waals surface area contributed by atoms with Crippen molar-refractivity contribution in [3.05, 3.63) is 120 Å². The Labute approximate surface area is 318 Å². The van der Waals surface area contributed by atoms with Gasteiger partial charge in [0.15, 0.2) is 0 Å². The number of carboxylic acid groups (broad SMARTS) is 1. The molecule has 0 unspecified atom stereocenters. The number of carbonyl (C=O) groups excluding carboxylic acids is 4. The van der Waals surface area contributed by atoms with Gasteiger partial charge in [-0.15, -0.1) is 0 Å². The number of H-pyrrole nitrogens is 1. The van der Waals surface area contributed by atoms with Crippen molar-refractivity contribution in [1.82, 2.24) is 26.3 Å². The van der Waals surface area contributed by atoms with E-state index in [1.165, 1.54) is 12.1 Å². The first kappa shape index (κ1) is 38.7. The first-order valence-electron chi connectivity index (χ1n) is 18.8. The molecular weight excluding hydrogens is 702 g/mol. The Morgan fingerprint density at radius 3 is 1.98 bits per heavy atom. The number of amides is 4. The quantitative estimate of drug-likeness (QED) is 0.0833. The Balaban J connectivity index is 1.12. The molecule has 12 heteroatoms. The van der Waals surface area contributed by atoms with E-state index in [0.717, 1.165) is 38.4 Å². The van der Waals surface area contributed by atoms with Crippen molar-refractivity contribution in [3.63, 3.8) is 0 Å². The van der Waals surface area contributed by atoms with E-state index in [4.69, 9.17) is 0 Å². The molecule has 1 aliphatic carbocycles. The molecule has 6 rings (SSSR count). The van der Waals surface area contributed by atoms with Crippen LogP contribution in [0.25, 0.3) is 21.7 Å². The SMILES string of the molecule is O=C(O)C[C@@H](NC(=O)[C@H]1CCCC[C@H]1C(=O)N[C@@H](Cc1c[nH]c2ccccc12)C(=O)NCCc1ccc2ccccc2c1)C(=O)NCCc1ccc(F)cc1. The molecule has 1 heterocycles. The fourth-order valence-corrected chi connectivity index (χ4v) is 7.38. The molecule has 5 aromatic rings. The van der Waals surface area contributed by atoms with Gasteiger partial charge in [-0.2, -0.15) is 0 Å². The highest BCUT2D eigenvalue weighted by atomic mass is 19.1. The molecule has 0 bridgehead atoms. The number of para-hydroxylation sites is 1. The molecule has 4 atom stereocenters. The predicted octanol–water partition coefficient (Wildman–Crippen LogP) is 4.97. The molecule has 6 N–H and O–H groups in total. The van der Waals surface area contributed by atoms with E-state index >= 15 is 0 Å². The second kappa shape index (κ2) is 18.3. The van der Waals surface area contributed by atoms with Crippen molar-refractivity contribution in [1.29, 1.82) is 0 Å². The van der Waals surface area contributed by atoms with Crippen molar-refractivity contribution < 1.29 is 33.5 Å². The molecule has 11 nitrogen and oxygen atoms in total. The molecule has 1 aliphatic rings. The summed E-state index contributed by atoms with van der Waals surface area (Å²) in [6, 6.07) is 25.4. The van der Waals surface area contributed by atoms with Gasteiger partial charge in [-0.05, 0) is 71.3 Å². The number of aromatic nitrogens is 1. The molecule has 0 saturated heterocycles. The van der Waals surface area contributed by atoms with Crippen LogP contribution >= 0.6 is 0 Å². The van der Waals surface area contributed by atoms with Crippen molar-refractivity contribution in [2.75, 3.05) is 13.1 Å². The van der Waals surface area contributed by atoms with Crippen LogP contribution in [-0.4, -0.2) is 64.9 Å². The number of aromatic amines is 1. The van der Waals surface area contributed by atoms with Gasteiger partial charge < -0.3 is 31.4 Å². The molecule has 4 aromatic carbocycles. The largest absolute Gasteiger partial charge is 0.481 e. The summed E-state index contributed by atoms with van der Waals surface area (Å²) < 4.78 is 13.3. The third-order valence-corrected chi connectivity index (χ3v) is 10.3. The third-order valence-electron chi connectivity index (χ3n) is 10.3. The van der Waals surface area contributed by atoms with Crippen LogP contribution in [0.2, 0.25) is 0 Å². The first-order valence-corrected chi connectivity index (χ1v) is 18.8. The van der Waals surface area contributed by atoms with E-state index in [9.17, 15) is 33.5 Å². The van der Waals surface area contributed by atoms with Gasteiger partial charge in [0.25, 0.3) is 0 Å². The lowest BCUT2D eigenvalue weighted by molar-refractivity contribution is -0.142. The zero-order valence-corrected chi connectivity index (χ0v) is 30.5. The number of carboxylic acids is 1. The molecular formula is C43H46FN5O6. The van der Waals surface area contributed by atoms with E-state index in [-0.39, 0.29) is 24.7 Å². The molecule has 0 aliphatic heterocycles. The fourth-order valence-electron chi connectivity index (χ4n) is 7.38. The smallest absolute Gasteiger partial charge is 0.305 e. The van der Waals surface area contributed by atoms with Crippen LogP contribution in [-0.2, 0) is 43.2 Å². The summed E-state index contributed by atoms with van der Waals surface area (Å²) in [4.78, 5) is 69.6. The third kappa shape index (κ3) is 10.3. The van der Waals surface area contributed by atoms with Gasteiger partial charge in [-0.25, -0.2) is 4.39 Å². The highest BCUT2D eigenvalue weighted by Gasteiger charge is 2.39. The predicted molar refractivity (Wildman–Crippen MR) is 207 cm³/mol. The average molecular weight is 748 g/mol. The minimum atomic E-state index is -1.37. The Bertz CT molecular complexity index is 2150. The molecule has 0 spiro atoms. The van der Waals surface area contributed by atoms with Gasteiger partial charge in [-0.1, -0.05) is 85.6 Å². The van der Waals surface area contributed by atoms with Crippen LogP contribution in [0.5, 0.6) is 0 Å². The lowest BCUT2D eigenvalue weighted by Crippen LogP contribution is -2.54. The number of carbonyl (C=O) groups is 5. The van der Waals surface area contributed by atoms with Gasteiger partial charge >= 0.3 is 5.97 Å². The number of rotatable bonds is 16. The van der Waals surface area contributed by atoms with E-state index in [1.807, 2.05) is 60.8 Å². The maximum absolute atomic E-state index is 14.1. The topological polar surface area (TPSA) is 169 Å². The van der Waals surface area contributed by atoms with E-state index < -0.39 is 54.0 Å². The maximum atomic E-state index is 14.1. The molecule has 0 radical (unpaired) electrons. The minimum Gasteiger partial charge on any atom is -0.481 e. The number of hydrogen-bond acceptors (Lipinski definition) is 5. The highest BCUT2D eigenvalue weighted by Crippen LogP contribution is 2.31. The van der Waals surface area contributed by atoms with Crippen LogP contribution < -0.4 is 21.3 Å². The van der Waals surface area contributed by atoms with Crippen LogP contribution in [0.4, 0.5) is 4.39 Å². The van der Waals surface area contributed by atoms with Gasteiger partial charge in [0.05, 0.1) is 6.42 Å². The number of benzene rings is 4. The van der Waals surface area contributed by atoms with Gasteiger partial charge in [0, 0.05) is 48.4 Å². The standard InChI is InChI=1S/C43H46FN5O6/c44-32-17-14-27(15-18-32)19-21-45-43(55)38(25-39(50)51)49-41(53)35-11-4-3-10-34(35)40(52)48-37(24-31-26-47-36-12-6-5-9-33(31)36)42(54)46-22-20-28-13-16-29-7-1-2-8-30(29)23-28/h1-2,5-9,12-18,23,26,34-35,37-38,47H,3-4,10-11,19-22,24-25H2,(H,45,55)(H,46,54)(H,48,52)(H,49,53)(H,50,51)/t34-,35+,37+,38-/m1/s1. The summed E-state index contributed by atoms with van der Waals surface area (Å²) in [5.74, 6) is -5.35. The monoisotopic (exact) mass is 747 g/mol. The van der Waals surface area contributed by atoms with Crippen molar-refractivity contribution in [2.24, 2.45) is 11.8 Å². The minimum absolute atomic E-state index is 0.146.